The molecule has 4 nitrogen and oxygen atoms in total. The van der Waals surface area contributed by atoms with E-state index in [-0.39, 0.29) is 23.6 Å². The second-order valence-corrected chi connectivity index (χ2v) is 7.03. The molecule has 3 aromatic rings. The molecule has 1 fully saturated rings. The largest absolute Gasteiger partial charge is 0.339 e. The van der Waals surface area contributed by atoms with Crippen LogP contribution in [0.15, 0.2) is 53.1 Å². The van der Waals surface area contributed by atoms with Crippen molar-refractivity contribution in [1.29, 1.82) is 0 Å². The molecule has 0 aliphatic carbocycles. The van der Waals surface area contributed by atoms with Crippen LogP contribution in [0.5, 0.6) is 0 Å². The van der Waals surface area contributed by atoms with Crippen LogP contribution in [0, 0.1) is 11.6 Å². The van der Waals surface area contributed by atoms with Crippen molar-refractivity contribution in [3.05, 3.63) is 71.6 Å². The first-order chi connectivity index (χ1) is 13.1. The fourth-order valence-corrected chi connectivity index (χ4v) is 3.65. The van der Waals surface area contributed by atoms with Crippen molar-refractivity contribution >= 4 is 0 Å². The van der Waals surface area contributed by atoms with Crippen molar-refractivity contribution in [3.8, 4) is 11.4 Å². The molecule has 1 aromatic heterocycles. The molecule has 2 atom stereocenters. The molecule has 0 radical (unpaired) electrons. The minimum atomic E-state index is -0.295. The highest BCUT2D eigenvalue weighted by atomic mass is 19.1. The summed E-state index contributed by atoms with van der Waals surface area (Å²) in [6, 6.07) is 12.9. The van der Waals surface area contributed by atoms with Gasteiger partial charge in [0, 0.05) is 18.2 Å². The summed E-state index contributed by atoms with van der Waals surface area (Å²) in [4.78, 5) is 6.85. The Labute approximate surface area is 156 Å². The third kappa shape index (κ3) is 3.90. The summed E-state index contributed by atoms with van der Waals surface area (Å²) < 4.78 is 32.1. The maximum Gasteiger partial charge on any atom is 0.231 e. The van der Waals surface area contributed by atoms with Crippen LogP contribution in [0.2, 0.25) is 0 Å². The van der Waals surface area contributed by atoms with Crippen molar-refractivity contribution in [3.63, 3.8) is 0 Å². The van der Waals surface area contributed by atoms with Gasteiger partial charge < -0.3 is 4.52 Å². The van der Waals surface area contributed by atoms with E-state index < -0.39 is 0 Å². The summed E-state index contributed by atoms with van der Waals surface area (Å²) in [7, 11) is 0. The number of piperidine rings is 1. The Balaban J connectivity index is 1.49. The lowest BCUT2D eigenvalue weighted by Crippen LogP contribution is -2.36. The van der Waals surface area contributed by atoms with Crippen molar-refractivity contribution < 1.29 is 13.3 Å². The van der Waals surface area contributed by atoms with Gasteiger partial charge in [0.15, 0.2) is 0 Å². The van der Waals surface area contributed by atoms with Gasteiger partial charge in [0.05, 0.1) is 5.92 Å². The van der Waals surface area contributed by atoms with E-state index in [1.54, 1.807) is 24.3 Å². The van der Waals surface area contributed by atoms with E-state index in [0.29, 0.717) is 11.7 Å². The molecule has 0 amide bonds. The molecule has 1 aliphatic rings. The molecule has 0 bridgehead atoms. The van der Waals surface area contributed by atoms with Gasteiger partial charge in [-0.05, 0) is 68.3 Å². The number of rotatable bonds is 4. The van der Waals surface area contributed by atoms with Crippen LogP contribution >= 0.6 is 0 Å². The van der Waals surface area contributed by atoms with E-state index in [4.69, 9.17) is 4.52 Å². The van der Waals surface area contributed by atoms with Crippen molar-refractivity contribution in [2.24, 2.45) is 0 Å². The number of likely N-dealkylation sites (tertiary alicyclic amines) is 1. The quantitative estimate of drug-likeness (QED) is 0.652. The summed E-state index contributed by atoms with van der Waals surface area (Å²) >= 11 is 0. The highest BCUT2D eigenvalue weighted by Gasteiger charge is 2.29. The average molecular weight is 369 g/mol. The molecule has 2 heterocycles. The van der Waals surface area contributed by atoms with E-state index >= 15 is 0 Å². The predicted octanol–water partition coefficient (Wildman–Crippen LogP) is 4.96. The summed E-state index contributed by atoms with van der Waals surface area (Å²) in [6.45, 7) is 3.82. The van der Waals surface area contributed by atoms with Gasteiger partial charge in [-0.15, -0.1) is 0 Å². The number of hydrogen-bond donors (Lipinski definition) is 0. The zero-order chi connectivity index (χ0) is 18.8. The predicted molar refractivity (Wildman–Crippen MR) is 98.1 cm³/mol. The van der Waals surface area contributed by atoms with E-state index in [1.807, 2.05) is 6.07 Å². The van der Waals surface area contributed by atoms with Crippen LogP contribution in [0.25, 0.3) is 11.4 Å². The van der Waals surface area contributed by atoms with E-state index in [0.717, 1.165) is 37.1 Å². The molecule has 4 rings (SSSR count). The average Bonchev–Trinajstić information content (AvgIpc) is 3.18. The standard InChI is InChI=1S/C21H21F2N3O/c1-14(16-4-2-6-19(23)12-16)26-11-3-5-17(13-26)21-24-20(25-27-21)15-7-9-18(22)10-8-15/h2,4,6-10,12,14,17H,3,5,11,13H2,1H3/t14-,17+/m0/s1. The summed E-state index contributed by atoms with van der Waals surface area (Å²) in [5, 5.41) is 4.05. The van der Waals surface area contributed by atoms with Crippen LogP contribution in [0.4, 0.5) is 8.78 Å². The van der Waals surface area contributed by atoms with E-state index in [2.05, 4.69) is 22.0 Å². The van der Waals surface area contributed by atoms with Crippen LogP contribution in [-0.2, 0) is 0 Å². The monoisotopic (exact) mass is 369 g/mol. The second-order valence-electron chi connectivity index (χ2n) is 7.03. The van der Waals surface area contributed by atoms with Gasteiger partial charge in [-0.2, -0.15) is 4.98 Å². The molecular formula is C21H21F2N3O. The number of hydrogen-bond acceptors (Lipinski definition) is 4. The Kier molecular flexibility index (Phi) is 4.99. The number of aromatic nitrogens is 2. The van der Waals surface area contributed by atoms with Gasteiger partial charge in [-0.3, -0.25) is 4.90 Å². The molecule has 0 spiro atoms. The maximum absolute atomic E-state index is 13.5. The molecule has 6 heteroatoms. The molecule has 140 valence electrons. The van der Waals surface area contributed by atoms with Crippen molar-refractivity contribution in [2.45, 2.75) is 31.7 Å². The van der Waals surface area contributed by atoms with Crippen LogP contribution in [0.3, 0.4) is 0 Å². The number of halogens is 2. The molecule has 0 saturated carbocycles. The number of nitrogens with zero attached hydrogens (tertiary/aromatic N) is 3. The first-order valence-corrected chi connectivity index (χ1v) is 9.19. The first-order valence-electron chi connectivity index (χ1n) is 9.19. The Hall–Kier alpha value is -2.60. The Morgan fingerprint density at radius 1 is 1.11 bits per heavy atom. The normalized spacial score (nSPS) is 19.1. The summed E-state index contributed by atoms with van der Waals surface area (Å²) in [6.07, 6.45) is 1.98. The summed E-state index contributed by atoms with van der Waals surface area (Å²) in [5.74, 6) is 0.702. The smallest absolute Gasteiger partial charge is 0.231 e. The summed E-state index contributed by atoms with van der Waals surface area (Å²) in [5.41, 5.74) is 1.69. The topological polar surface area (TPSA) is 42.2 Å². The number of benzene rings is 2. The third-order valence-electron chi connectivity index (χ3n) is 5.23. The van der Waals surface area contributed by atoms with Gasteiger partial charge in [0.2, 0.25) is 11.7 Å². The fourth-order valence-electron chi connectivity index (χ4n) is 3.65. The lowest BCUT2D eigenvalue weighted by atomic mass is 9.95. The zero-order valence-electron chi connectivity index (χ0n) is 15.1. The second kappa shape index (κ2) is 7.56. The fraction of sp³-hybridized carbons (Fsp3) is 0.333. The first kappa shape index (κ1) is 17.8. The zero-order valence-corrected chi connectivity index (χ0v) is 15.1. The molecular weight excluding hydrogens is 348 g/mol. The SMILES string of the molecule is C[C@@H](c1cccc(F)c1)N1CCC[C@@H](c2nc(-c3ccc(F)cc3)no2)C1. The van der Waals surface area contributed by atoms with Gasteiger partial charge in [-0.1, -0.05) is 17.3 Å². The van der Waals surface area contributed by atoms with Crippen molar-refractivity contribution in [1.82, 2.24) is 15.0 Å². The van der Waals surface area contributed by atoms with E-state index in [1.165, 1.54) is 18.2 Å². The lowest BCUT2D eigenvalue weighted by Gasteiger charge is -2.35. The van der Waals surface area contributed by atoms with Gasteiger partial charge >= 0.3 is 0 Å². The minimum absolute atomic E-state index is 0.114. The maximum atomic E-state index is 13.5. The molecule has 0 unspecified atom stereocenters. The van der Waals surface area contributed by atoms with Crippen LogP contribution in [0.1, 0.15) is 43.2 Å². The van der Waals surface area contributed by atoms with Gasteiger partial charge in [-0.25, -0.2) is 8.78 Å². The third-order valence-corrected chi connectivity index (χ3v) is 5.23. The highest BCUT2D eigenvalue weighted by Crippen LogP contribution is 2.32. The van der Waals surface area contributed by atoms with Gasteiger partial charge in [0.1, 0.15) is 11.6 Å². The van der Waals surface area contributed by atoms with Crippen molar-refractivity contribution in [2.75, 3.05) is 13.1 Å². The Bertz CT molecular complexity index is 910. The Morgan fingerprint density at radius 3 is 2.70 bits per heavy atom. The Morgan fingerprint density at radius 2 is 1.93 bits per heavy atom. The molecule has 27 heavy (non-hydrogen) atoms. The molecule has 2 aromatic carbocycles. The molecule has 0 N–H and O–H groups in total. The minimum Gasteiger partial charge on any atom is -0.339 e. The molecule has 1 aliphatic heterocycles. The highest BCUT2D eigenvalue weighted by molar-refractivity contribution is 5.53. The molecule has 1 saturated heterocycles. The van der Waals surface area contributed by atoms with E-state index in [9.17, 15) is 8.78 Å². The lowest BCUT2D eigenvalue weighted by molar-refractivity contribution is 0.144. The van der Waals surface area contributed by atoms with Crippen LogP contribution < -0.4 is 0 Å². The van der Waals surface area contributed by atoms with Gasteiger partial charge in [0.25, 0.3) is 0 Å². The van der Waals surface area contributed by atoms with Crippen LogP contribution in [-0.4, -0.2) is 28.1 Å².